The van der Waals surface area contributed by atoms with Crippen molar-refractivity contribution >= 4 is 35.5 Å². The molecular formula is C33H54N6O7. The molecule has 5 N–H and O–H groups in total. The minimum absolute atomic E-state index is 0.0145. The van der Waals surface area contributed by atoms with Gasteiger partial charge in [0, 0.05) is 53.0 Å². The summed E-state index contributed by atoms with van der Waals surface area (Å²) in [4.78, 5) is 73.9. The van der Waals surface area contributed by atoms with E-state index in [-0.39, 0.29) is 61.7 Å². The molecule has 5 amide bonds. The van der Waals surface area contributed by atoms with Gasteiger partial charge in [0.2, 0.25) is 29.5 Å². The van der Waals surface area contributed by atoms with Crippen LogP contribution in [0.2, 0.25) is 0 Å². The van der Waals surface area contributed by atoms with E-state index < -0.39 is 0 Å². The van der Waals surface area contributed by atoms with E-state index in [1.807, 2.05) is 30.3 Å². The fraction of sp³-hybridized carbons (Fsp3) is 0.636. The number of hydrogen-bond acceptors (Lipinski definition) is 8. The van der Waals surface area contributed by atoms with Gasteiger partial charge in [-0.3, -0.25) is 33.7 Å². The second-order valence-corrected chi connectivity index (χ2v) is 11.1. The number of nitrogens with one attached hydrogen (secondary N) is 5. The van der Waals surface area contributed by atoms with Crippen molar-refractivity contribution in [2.75, 3.05) is 53.4 Å². The highest BCUT2D eigenvalue weighted by Gasteiger charge is 2.18. The van der Waals surface area contributed by atoms with Gasteiger partial charge in [0.15, 0.2) is 0 Å². The molecule has 1 rings (SSSR count). The molecule has 258 valence electrons. The monoisotopic (exact) mass is 646 g/mol. The molecule has 0 bridgehead atoms. The number of esters is 1. The maximum absolute atomic E-state index is 12.6. The Labute approximate surface area is 273 Å². The fourth-order valence-corrected chi connectivity index (χ4v) is 4.43. The Bertz CT molecular complexity index is 1010. The van der Waals surface area contributed by atoms with E-state index in [0.29, 0.717) is 64.6 Å². The van der Waals surface area contributed by atoms with Crippen LogP contribution in [0.5, 0.6) is 0 Å². The maximum Gasteiger partial charge on any atom is 0.306 e. The molecule has 0 atom stereocenters. The molecule has 1 aromatic carbocycles. The molecule has 0 radical (unpaired) electrons. The fourth-order valence-electron chi connectivity index (χ4n) is 4.43. The van der Waals surface area contributed by atoms with Crippen LogP contribution in [0.4, 0.5) is 0 Å². The molecule has 46 heavy (non-hydrogen) atoms. The third-order valence-corrected chi connectivity index (χ3v) is 7.09. The van der Waals surface area contributed by atoms with Gasteiger partial charge in [0.05, 0.1) is 19.6 Å². The topological polar surface area (TPSA) is 175 Å². The number of carbonyl (C=O) groups excluding carboxylic acids is 6. The van der Waals surface area contributed by atoms with Crippen LogP contribution in [0.3, 0.4) is 0 Å². The van der Waals surface area contributed by atoms with E-state index >= 15 is 0 Å². The molecule has 13 nitrogen and oxygen atoms in total. The first-order chi connectivity index (χ1) is 22.2. The number of amides is 5. The Hall–Kier alpha value is -4.00. The normalized spacial score (nSPS) is 10.6. The van der Waals surface area contributed by atoms with E-state index in [1.165, 1.54) is 4.90 Å². The summed E-state index contributed by atoms with van der Waals surface area (Å²) in [5.41, 5.74) is 0.937. The molecule has 0 saturated carbocycles. The van der Waals surface area contributed by atoms with Gasteiger partial charge in [-0.25, -0.2) is 0 Å². The predicted octanol–water partition coefficient (Wildman–Crippen LogP) is 1.55. The molecule has 0 aromatic heterocycles. The molecule has 0 unspecified atom stereocenters. The summed E-state index contributed by atoms with van der Waals surface area (Å²) in [6.07, 6.45) is 7.73. The molecule has 0 aliphatic heterocycles. The van der Waals surface area contributed by atoms with E-state index in [0.717, 1.165) is 37.7 Å². The highest BCUT2D eigenvalue weighted by Crippen LogP contribution is 2.05. The summed E-state index contributed by atoms with van der Waals surface area (Å²) in [5.74, 6) is -1.17. The van der Waals surface area contributed by atoms with Crippen molar-refractivity contribution < 1.29 is 33.5 Å². The summed E-state index contributed by atoms with van der Waals surface area (Å²) < 4.78 is 5.28. The zero-order chi connectivity index (χ0) is 33.8. The molecule has 0 fully saturated rings. The van der Waals surface area contributed by atoms with Gasteiger partial charge in [0.25, 0.3) is 0 Å². The minimum Gasteiger partial charge on any atom is -0.461 e. The highest BCUT2D eigenvalue weighted by molar-refractivity contribution is 5.84. The lowest BCUT2D eigenvalue weighted by Crippen LogP contribution is -2.47. The van der Waals surface area contributed by atoms with Crippen LogP contribution < -0.4 is 26.6 Å². The van der Waals surface area contributed by atoms with Crippen molar-refractivity contribution in [2.45, 2.75) is 83.7 Å². The molecule has 1 aromatic rings. The van der Waals surface area contributed by atoms with Crippen molar-refractivity contribution in [3.05, 3.63) is 35.9 Å². The number of unbranched alkanes of at least 4 members (excludes halogenated alkanes) is 6. The molecule has 13 heteroatoms. The largest absolute Gasteiger partial charge is 0.461 e. The average molecular weight is 647 g/mol. The maximum atomic E-state index is 12.6. The molecule has 0 aliphatic carbocycles. The number of rotatable bonds is 26. The quantitative estimate of drug-likeness (QED) is 0.0745. The zero-order valence-electron chi connectivity index (χ0n) is 27.6. The van der Waals surface area contributed by atoms with Crippen LogP contribution in [0.15, 0.2) is 30.3 Å². The summed E-state index contributed by atoms with van der Waals surface area (Å²) >= 11 is 0. The molecule has 0 spiro atoms. The molecular weight excluding hydrogens is 592 g/mol. The van der Waals surface area contributed by atoms with Gasteiger partial charge in [-0.1, -0.05) is 49.6 Å². The zero-order valence-corrected chi connectivity index (χ0v) is 27.6. The summed E-state index contributed by atoms with van der Waals surface area (Å²) in [7, 11) is 3.19. The van der Waals surface area contributed by atoms with E-state index in [9.17, 15) is 28.8 Å². The van der Waals surface area contributed by atoms with Gasteiger partial charge in [-0.05, 0) is 44.1 Å². The summed E-state index contributed by atoms with van der Waals surface area (Å²) in [5, 5.41) is 13.6. The average Bonchev–Trinajstić information content (AvgIpc) is 3.04. The number of carbonyl (C=O) groups is 6. The van der Waals surface area contributed by atoms with Crippen LogP contribution >= 0.6 is 0 Å². The second kappa shape index (κ2) is 26.2. The molecule has 0 saturated heterocycles. The SMILES string of the molecule is CNC(=O)CCCCCNC(=O)CN(CC(=O)NCCCCCC(=O)NC)CC(=O)NCCCCCC(=O)OCc1ccccc1. The first kappa shape index (κ1) is 40.0. The van der Waals surface area contributed by atoms with Crippen LogP contribution in [0.1, 0.15) is 82.6 Å². The van der Waals surface area contributed by atoms with Crippen molar-refractivity contribution in [3.63, 3.8) is 0 Å². The molecule has 0 heterocycles. The van der Waals surface area contributed by atoms with Crippen molar-refractivity contribution in [1.82, 2.24) is 31.5 Å². The van der Waals surface area contributed by atoms with Crippen LogP contribution in [-0.2, 0) is 40.1 Å². The lowest BCUT2D eigenvalue weighted by Gasteiger charge is -2.21. The Morgan fingerprint density at radius 2 is 0.957 bits per heavy atom. The number of nitrogens with zero attached hydrogens (tertiary/aromatic N) is 1. The van der Waals surface area contributed by atoms with Crippen LogP contribution in [0, 0.1) is 0 Å². The standard InChI is InChI=1S/C33H54N6O7/c1-34-28(40)17-9-4-12-20-36-30(42)23-39(24-31(43)37-21-13-5-10-18-29(41)35-2)25-32(44)38-22-14-6-11-19-33(45)46-26-27-15-7-3-8-16-27/h3,7-8,15-16H,4-6,9-14,17-26H2,1-2H3,(H,34,40)(H,35,41)(H,36,42)(H,37,43)(H,38,44). The Kier molecular flexibility index (Phi) is 22.8. The van der Waals surface area contributed by atoms with E-state index in [4.69, 9.17) is 4.74 Å². The van der Waals surface area contributed by atoms with Gasteiger partial charge in [-0.15, -0.1) is 0 Å². The summed E-state index contributed by atoms with van der Waals surface area (Å²) in [6, 6.07) is 9.48. The van der Waals surface area contributed by atoms with E-state index in [2.05, 4.69) is 26.6 Å². The summed E-state index contributed by atoms with van der Waals surface area (Å²) in [6.45, 7) is 1.19. The minimum atomic E-state index is -0.300. The van der Waals surface area contributed by atoms with Gasteiger partial charge < -0.3 is 31.3 Å². The Balaban J connectivity index is 2.38. The van der Waals surface area contributed by atoms with Crippen molar-refractivity contribution in [3.8, 4) is 0 Å². The van der Waals surface area contributed by atoms with Crippen molar-refractivity contribution in [1.29, 1.82) is 0 Å². The van der Waals surface area contributed by atoms with Crippen molar-refractivity contribution in [2.24, 2.45) is 0 Å². The first-order valence-electron chi connectivity index (χ1n) is 16.4. The first-order valence-corrected chi connectivity index (χ1v) is 16.4. The van der Waals surface area contributed by atoms with Crippen LogP contribution in [-0.4, -0.2) is 93.8 Å². The third kappa shape index (κ3) is 22.5. The number of ether oxygens (including phenoxy) is 1. The van der Waals surface area contributed by atoms with E-state index in [1.54, 1.807) is 14.1 Å². The smallest absolute Gasteiger partial charge is 0.306 e. The van der Waals surface area contributed by atoms with Gasteiger partial charge >= 0.3 is 5.97 Å². The second-order valence-electron chi connectivity index (χ2n) is 11.1. The Morgan fingerprint density at radius 3 is 1.37 bits per heavy atom. The van der Waals surface area contributed by atoms with Gasteiger partial charge in [-0.2, -0.15) is 0 Å². The predicted molar refractivity (Wildman–Crippen MR) is 175 cm³/mol. The molecule has 0 aliphatic rings. The number of benzene rings is 1. The van der Waals surface area contributed by atoms with Gasteiger partial charge in [0.1, 0.15) is 6.61 Å². The Morgan fingerprint density at radius 1 is 0.543 bits per heavy atom. The third-order valence-electron chi connectivity index (χ3n) is 7.09. The van der Waals surface area contributed by atoms with Crippen LogP contribution in [0.25, 0.3) is 0 Å². The lowest BCUT2D eigenvalue weighted by atomic mass is 10.2. The number of hydrogen-bond donors (Lipinski definition) is 5. The highest BCUT2D eigenvalue weighted by atomic mass is 16.5. The lowest BCUT2D eigenvalue weighted by molar-refractivity contribution is -0.145.